The summed E-state index contributed by atoms with van der Waals surface area (Å²) in [5, 5.41) is 3.63. The zero-order chi connectivity index (χ0) is 13.4. The van der Waals surface area contributed by atoms with Crippen molar-refractivity contribution in [1.29, 1.82) is 0 Å². The summed E-state index contributed by atoms with van der Waals surface area (Å²) in [5.74, 6) is 0. The first kappa shape index (κ1) is 15.2. The smallest absolute Gasteiger partial charge is 0.0208 e. The minimum atomic E-state index is 0.442. The molecule has 0 radical (unpaired) electrons. The number of rotatable bonds is 3. The van der Waals surface area contributed by atoms with Crippen LogP contribution in [-0.4, -0.2) is 12.1 Å². The summed E-state index contributed by atoms with van der Waals surface area (Å²) < 4.78 is 0. The van der Waals surface area contributed by atoms with Crippen LogP contribution < -0.4 is 11.1 Å². The van der Waals surface area contributed by atoms with Crippen molar-refractivity contribution in [3.05, 3.63) is 35.4 Å². The van der Waals surface area contributed by atoms with Crippen molar-refractivity contribution in [2.75, 3.05) is 0 Å². The lowest BCUT2D eigenvalue weighted by Crippen LogP contribution is -2.37. The van der Waals surface area contributed by atoms with Gasteiger partial charge in [0.15, 0.2) is 0 Å². The minimum Gasteiger partial charge on any atom is -0.328 e. The molecular formula is C16H28N2. The number of benzene rings is 1. The highest BCUT2D eigenvalue weighted by Crippen LogP contribution is 2.17. The second-order valence-electron chi connectivity index (χ2n) is 4.98. The van der Waals surface area contributed by atoms with Gasteiger partial charge in [-0.1, -0.05) is 43.7 Å². The van der Waals surface area contributed by atoms with Gasteiger partial charge >= 0.3 is 0 Å². The van der Waals surface area contributed by atoms with Gasteiger partial charge in [-0.2, -0.15) is 0 Å². The third-order valence-corrected chi connectivity index (χ3v) is 3.45. The van der Waals surface area contributed by atoms with Crippen LogP contribution in [0.2, 0.25) is 0 Å². The van der Waals surface area contributed by atoms with Crippen molar-refractivity contribution in [1.82, 2.24) is 5.32 Å². The molecule has 0 bridgehead atoms. The Morgan fingerprint density at radius 2 is 1.83 bits per heavy atom. The molecule has 1 fully saturated rings. The highest BCUT2D eigenvalue weighted by atomic mass is 14.9. The number of hydrogen-bond donors (Lipinski definition) is 2. The Morgan fingerprint density at radius 3 is 2.44 bits per heavy atom. The third kappa shape index (κ3) is 5.19. The van der Waals surface area contributed by atoms with Gasteiger partial charge in [0.05, 0.1) is 0 Å². The van der Waals surface area contributed by atoms with Crippen LogP contribution in [0, 0.1) is 6.92 Å². The van der Waals surface area contributed by atoms with Gasteiger partial charge in [-0.3, -0.25) is 0 Å². The van der Waals surface area contributed by atoms with Crippen LogP contribution in [0.4, 0.5) is 0 Å². The molecule has 1 aliphatic rings. The SMILES string of the molecule is CC.Cc1cccc(CNC2CCC(N)CC2)c1. The van der Waals surface area contributed by atoms with Crippen LogP contribution in [-0.2, 0) is 6.54 Å². The van der Waals surface area contributed by atoms with Gasteiger partial charge in [0, 0.05) is 18.6 Å². The Morgan fingerprint density at radius 1 is 1.17 bits per heavy atom. The Balaban J connectivity index is 0.000000771. The van der Waals surface area contributed by atoms with Gasteiger partial charge in [-0.05, 0) is 38.2 Å². The molecule has 2 heteroatoms. The van der Waals surface area contributed by atoms with Crippen molar-refractivity contribution in [3.8, 4) is 0 Å². The molecular weight excluding hydrogens is 220 g/mol. The van der Waals surface area contributed by atoms with E-state index in [1.807, 2.05) is 13.8 Å². The van der Waals surface area contributed by atoms with Crippen molar-refractivity contribution < 1.29 is 0 Å². The summed E-state index contributed by atoms with van der Waals surface area (Å²) >= 11 is 0. The van der Waals surface area contributed by atoms with E-state index in [0.29, 0.717) is 12.1 Å². The summed E-state index contributed by atoms with van der Waals surface area (Å²) in [5.41, 5.74) is 8.62. The van der Waals surface area contributed by atoms with Gasteiger partial charge < -0.3 is 11.1 Å². The summed E-state index contributed by atoms with van der Waals surface area (Å²) in [4.78, 5) is 0. The predicted octanol–water partition coefficient (Wildman–Crippen LogP) is 3.38. The average molecular weight is 248 g/mol. The van der Waals surface area contributed by atoms with Crippen LogP contribution >= 0.6 is 0 Å². The molecule has 0 heterocycles. The molecule has 0 atom stereocenters. The Hall–Kier alpha value is -0.860. The lowest BCUT2D eigenvalue weighted by molar-refractivity contribution is 0.342. The molecule has 0 saturated heterocycles. The number of nitrogens with one attached hydrogen (secondary N) is 1. The molecule has 0 amide bonds. The van der Waals surface area contributed by atoms with E-state index in [1.165, 1.54) is 36.8 Å². The molecule has 3 N–H and O–H groups in total. The van der Waals surface area contributed by atoms with Gasteiger partial charge in [-0.25, -0.2) is 0 Å². The standard InChI is InChI=1S/C14H22N2.C2H6/c1-11-3-2-4-12(9-11)10-16-14-7-5-13(15)6-8-14;1-2/h2-4,9,13-14,16H,5-8,10,15H2,1H3;1-2H3. The molecule has 0 aliphatic heterocycles. The lowest BCUT2D eigenvalue weighted by atomic mass is 9.92. The summed E-state index contributed by atoms with van der Waals surface area (Å²) in [6.45, 7) is 7.13. The van der Waals surface area contributed by atoms with Gasteiger partial charge in [-0.15, -0.1) is 0 Å². The fraction of sp³-hybridized carbons (Fsp3) is 0.625. The first-order chi connectivity index (χ1) is 8.74. The molecule has 1 aliphatic carbocycles. The molecule has 1 aromatic rings. The zero-order valence-electron chi connectivity index (χ0n) is 12.1. The average Bonchev–Trinajstić information content (AvgIpc) is 2.41. The van der Waals surface area contributed by atoms with E-state index in [1.54, 1.807) is 0 Å². The molecule has 1 saturated carbocycles. The van der Waals surface area contributed by atoms with E-state index in [9.17, 15) is 0 Å². The fourth-order valence-electron chi connectivity index (χ4n) is 2.41. The minimum absolute atomic E-state index is 0.442. The quantitative estimate of drug-likeness (QED) is 0.860. The maximum absolute atomic E-state index is 5.90. The largest absolute Gasteiger partial charge is 0.328 e. The molecule has 1 aromatic carbocycles. The molecule has 0 aromatic heterocycles. The van der Waals surface area contributed by atoms with Gasteiger partial charge in [0.25, 0.3) is 0 Å². The van der Waals surface area contributed by atoms with E-state index in [2.05, 4.69) is 36.5 Å². The van der Waals surface area contributed by atoms with E-state index in [4.69, 9.17) is 5.73 Å². The molecule has 0 unspecified atom stereocenters. The third-order valence-electron chi connectivity index (χ3n) is 3.45. The van der Waals surface area contributed by atoms with Crippen molar-refractivity contribution in [3.63, 3.8) is 0 Å². The lowest BCUT2D eigenvalue weighted by Gasteiger charge is -2.27. The first-order valence-corrected chi connectivity index (χ1v) is 7.28. The second kappa shape index (κ2) is 8.28. The first-order valence-electron chi connectivity index (χ1n) is 7.28. The van der Waals surface area contributed by atoms with E-state index < -0.39 is 0 Å². The highest BCUT2D eigenvalue weighted by Gasteiger charge is 2.17. The van der Waals surface area contributed by atoms with Crippen LogP contribution in [0.3, 0.4) is 0 Å². The van der Waals surface area contributed by atoms with E-state index in [-0.39, 0.29) is 0 Å². The van der Waals surface area contributed by atoms with E-state index in [0.717, 1.165) is 6.54 Å². The van der Waals surface area contributed by atoms with E-state index >= 15 is 0 Å². The number of nitrogens with two attached hydrogens (primary N) is 1. The highest BCUT2D eigenvalue weighted by molar-refractivity contribution is 5.22. The normalized spacial score (nSPS) is 23.1. The van der Waals surface area contributed by atoms with Crippen LogP contribution in [0.5, 0.6) is 0 Å². The number of hydrogen-bond acceptors (Lipinski definition) is 2. The second-order valence-corrected chi connectivity index (χ2v) is 4.98. The van der Waals surface area contributed by atoms with Crippen molar-refractivity contribution >= 4 is 0 Å². The van der Waals surface area contributed by atoms with Gasteiger partial charge in [0.2, 0.25) is 0 Å². The topological polar surface area (TPSA) is 38.0 Å². The predicted molar refractivity (Wildman–Crippen MR) is 79.6 cm³/mol. The van der Waals surface area contributed by atoms with Crippen LogP contribution in [0.25, 0.3) is 0 Å². The Labute approximate surface area is 112 Å². The maximum Gasteiger partial charge on any atom is 0.0208 e. The van der Waals surface area contributed by atoms with Crippen molar-refractivity contribution in [2.45, 2.75) is 65.1 Å². The Bertz CT molecular complexity index is 328. The number of aryl methyl sites for hydroxylation is 1. The monoisotopic (exact) mass is 248 g/mol. The molecule has 0 spiro atoms. The van der Waals surface area contributed by atoms with Gasteiger partial charge in [0.1, 0.15) is 0 Å². The summed E-state index contributed by atoms with van der Waals surface area (Å²) in [6.07, 6.45) is 4.80. The molecule has 102 valence electrons. The molecule has 2 rings (SSSR count). The van der Waals surface area contributed by atoms with Crippen LogP contribution in [0.1, 0.15) is 50.7 Å². The molecule has 2 nitrogen and oxygen atoms in total. The maximum atomic E-state index is 5.90. The Kier molecular flexibility index (Phi) is 6.99. The van der Waals surface area contributed by atoms with Crippen LogP contribution in [0.15, 0.2) is 24.3 Å². The zero-order valence-corrected chi connectivity index (χ0v) is 12.1. The summed E-state index contributed by atoms with van der Waals surface area (Å²) in [6, 6.07) is 9.82. The fourth-order valence-corrected chi connectivity index (χ4v) is 2.41. The summed E-state index contributed by atoms with van der Waals surface area (Å²) in [7, 11) is 0. The molecule has 18 heavy (non-hydrogen) atoms. The van der Waals surface area contributed by atoms with Crippen molar-refractivity contribution in [2.24, 2.45) is 5.73 Å².